The minimum absolute atomic E-state index is 0.263. The molecule has 4 heteroatoms. The summed E-state index contributed by atoms with van der Waals surface area (Å²) in [5.74, 6) is -0.931. The summed E-state index contributed by atoms with van der Waals surface area (Å²) in [6.07, 6.45) is 1.76. The molecule has 102 valence electrons. The van der Waals surface area contributed by atoms with E-state index in [2.05, 4.69) is 4.99 Å². The second kappa shape index (κ2) is 6.52. The standard InChI is InChI=1S/C16H16N2O2/c1-2-18(15-6-4-3-5-7-15)12-17-14-10-8-13(9-11-14)16(19)20/h3-12H,2H2,1H3,(H,19,20). The smallest absolute Gasteiger partial charge is 0.335 e. The van der Waals surface area contributed by atoms with Crippen LogP contribution in [0.2, 0.25) is 0 Å². The molecule has 2 aromatic carbocycles. The van der Waals surface area contributed by atoms with Crippen molar-refractivity contribution < 1.29 is 9.90 Å². The van der Waals surface area contributed by atoms with Crippen molar-refractivity contribution in [2.45, 2.75) is 6.92 Å². The third-order valence-electron chi connectivity index (χ3n) is 2.89. The first-order chi connectivity index (χ1) is 9.70. The van der Waals surface area contributed by atoms with Gasteiger partial charge in [-0.3, -0.25) is 0 Å². The van der Waals surface area contributed by atoms with Gasteiger partial charge in [0.2, 0.25) is 0 Å². The summed E-state index contributed by atoms with van der Waals surface area (Å²) in [4.78, 5) is 17.1. The van der Waals surface area contributed by atoms with Crippen LogP contribution in [0.15, 0.2) is 59.6 Å². The van der Waals surface area contributed by atoms with Gasteiger partial charge in [0.05, 0.1) is 17.6 Å². The maximum atomic E-state index is 10.8. The molecule has 0 aromatic heterocycles. The van der Waals surface area contributed by atoms with Crippen molar-refractivity contribution in [2.24, 2.45) is 4.99 Å². The molecule has 0 unspecified atom stereocenters. The molecule has 0 radical (unpaired) electrons. The summed E-state index contributed by atoms with van der Waals surface area (Å²) < 4.78 is 0. The Labute approximate surface area is 118 Å². The first kappa shape index (κ1) is 13.8. The van der Waals surface area contributed by atoms with Gasteiger partial charge in [0, 0.05) is 12.2 Å². The molecule has 0 amide bonds. The number of hydrogen-bond donors (Lipinski definition) is 1. The molecular formula is C16H16N2O2. The van der Waals surface area contributed by atoms with E-state index in [-0.39, 0.29) is 5.56 Å². The third kappa shape index (κ3) is 3.45. The second-order valence-electron chi connectivity index (χ2n) is 4.22. The van der Waals surface area contributed by atoms with Crippen molar-refractivity contribution in [2.75, 3.05) is 11.4 Å². The summed E-state index contributed by atoms with van der Waals surface area (Å²) in [5, 5.41) is 8.83. The lowest BCUT2D eigenvalue weighted by Crippen LogP contribution is -2.19. The molecule has 1 N–H and O–H groups in total. The van der Waals surface area contributed by atoms with Crippen LogP contribution in [0.3, 0.4) is 0 Å². The Morgan fingerprint density at radius 3 is 2.35 bits per heavy atom. The van der Waals surface area contributed by atoms with E-state index in [0.717, 1.165) is 17.9 Å². The highest BCUT2D eigenvalue weighted by Gasteiger charge is 2.02. The zero-order valence-corrected chi connectivity index (χ0v) is 11.2. The van der Waals surface area contributed by atoms with Gasteiger partial charge in [-0.05, 0) is 43.3 Å². The maximum absolute atomic E-state index is 10.8. The van der Waals surface area contributed by atoms with Crippen molar-refractivity contribution in [3.8, 4) is 0 Å². The quantitative estimate of drug-likeness (QED) is 0.666. The highest BCUT2D eigenvalue weighted by atomic mass is 16.4. The molecular weight excluding hydrogens is 252 g/mol. The van der Waals surface area contributed by atoms with Crippen LogP contribution < -0.4 is 4.90 Å². The highest BCUT2D eigenvalue weighted by Crippen LogP contribution is 2.15. The zero-order chi connectivity index (χ0) is 14.4. The summed E-state index contributed by atoms with van der Waals surface area (Å²) >= 11 is 0. The number of nitrogens with zero attached hydrogens (tertiary/aromatic N) is 2. The Bertz CT molecular complexity index is 592. The van der Waals surface area contributed by atoms with E-state index in [0.29, 0.717) is 0 Å². The lowest BCUT2D eigenvalue weighted by Gasteiger charge is -2.16. The molecule has 0 spiro atoms. The predicted molar refractivity (Wildman–Crippen MR) is 81.0 cm³/mol. The number of carboxylic acid groups (broad SMARTS) is 1. The molecule has 0 aliphatic rings. The fraction of sp³-hybridized carbons (Fsp3) is 0.125. The van der Waals surface area contributed by atoms with E-state index in [4.69, 9.17) is 5.11 Å². The Morgan fingerprint density at radius 2 is 1.80 bits per heavy atom. The van der Waals surface area contributed by atoms with Crippen LogP contribution in [0, 0.1) is 0 Å². The number of para-hydroxylation sites is 1. The van der Waals surface area contributed by atoms with E-state index in [1.54, 1.807) is 30.6 Å². The van der Waals surface area contributed by atoms with E-state index >= 15 is 0 Å². The Hall–Kier alpha value is -2.62. The molecule has 0 bridgehead atoms. The average Bonchev–Trinajstić information content (AvgIpc) is 2.49. The Kier molecular flexibility index (Phi) is 4.50. The van der Waals surface area contributed by atoms with Crippen LogP contribution >= 0.6 is 0 Å². The molecule has 2 aromatic rings. The number of benzene rings is 2. The van der Waals surface area contributed by atoms with Gasteiger partial charge in [0.25, 0.3) is 0 Å². The molecule has 4 nitrogen and oxygen atoms in total. The number of aromatic carboxylic acids is 1. The fourth-order valence-corrected chi connectivity index (χ4v) is 1.78. The molecule has 0 aliphatic heterocycles. The van der Waals surface area contributed by atoms with Gasteiger partial charge in [0.15, 0.2) is 0 Å². The summed E-state index contributed by atoms with van der Waals surface area (Å²) in [7, 11) is 0. The average molecular weight is 268 g/mol. The van der Waals surface area contributed by atoms with Crippen LogP contribution in [-0.2, 0) is 0 Å². The van der Waals surface area contributed by atoms with Crippen molar-refractivity contribution >= 4 is 23.7 Å². The molecule has 2 rings (SSSR count). The van der Waals surface area contributed by atoms with Crippen molar-refractivity contribution in [3.05, 3.63) is 60.2 Å². The summed E-state index contributed by atoms with van der Waals surface area (Å²) in [6.45, 7) is 2.85. The number of carboxylic acids is 1. The first-order valence-corrected chi connectivity index (χ1v) is 6.40. The van der Waals surface area contributed by atoms with Crippen molar-refractivity contribution in [3.63, 3.8) is 0 Å². The largest absolute Gasteiger partial charge is 0.478 e. The van der Waals surface area contributed by atoms with Gasteiger partial charge in [-0.2, -0.15) is 0 Å². The molecule has 0 aliphatic carbocycles. The third-order valence-corrected chi connectivity index (χ3v) is 2.89. The van der Waals surface area contributed by atoms with Gasteiger partial charge in [0.1, 0.15) is 0 Å². The van der Waals surface area contributed by atoms with Crippen LogP contribution in [-0.4, -0.2) is 24.0 Å². The van der Waals surface area contributed by atoms with Crippen molar-refractivity contribution in [1.29, 1.82) is 0 Å². The zero-order valence-electron chi connectivity index (χ0n) is 11.2. The van der Waals surface area contributed by atoms with E-state index in [9.17, 15) is 4.79 Å². The number of rotatable bonds is 5. The number of anilines is 1. The van der Waals surface area contributed by atoms with Gasteiger partial charge in [-0.25, -0.2) is 9.79 Å². The molecule has 0 saturated heterocycles. The normalized spacial score (nSPS) is 10.7. The number of aliphatic imine (C=N–C) groups is 1. The molecule has 20 heavy (non-hydrogen) atoms. The minimum Gasteiger partial charge on any atom is -0.478 e. The van der Waals surface area contributed by atoms with Gasteiger partial charge in [-0.15, -0.1) is 0 Å². The van der Waals surface area contributed by atoms with E-state index in [1.807, 2.05) is 42.2 Å². The summed E-state index contributed by atoms with van der Waals surface area (Å²) in [6, 6.07) is 16.4. The minimum atomic E-state index is -0.931. The number of hydrogen-bond acceptors (Lipinski definition) is 2. The van der Waals surface area contributed by atoms with Gasteiger partial charge < -0.3 is 10.0 Å². The van der Waals surface area contributed by atoms with Gasteiger partial charge in [-0.1, -0.05) is 18.2 Å². The fourth-order valence-electron chi connectivity index (χ4n) is 1.78. The monoisotopic (exact) mass is 268 g/mol. The van der Waals surface area contributed by atoms with Crippen LogP contribution in [0.5, 0.6) is 0 Å². The Balaban J connectivity index is 2.13. The molecule has 0 saturated carbocycles. The van der Waals surface area contributed by atoms with E-state index < -0.39 is 5.97 Å². The SMILES string of the molecule is CCN(C=Nc1ccc(C(=O)O)cc1)c1ccccc1. The van der Waals surface area contributed by atoms with Crippen LogP contribution in [0.4, 0.5) is 11.4 Å². The first-order valence-electron chi connectivity index (χ1n) is 6.40. The second-order valence-corrected chi connectivity index (χ2v) is 4.22. The van der Waals surface area contributed by atoms with Gasteiger partial charge >= 0.3 is 5.97 Å². The van der Waals surface area contributed by atoms with E-state index in [1.165, 1.54) is 0 Å². The summed E-state index contributed by atoms with van der Waals surface area (Å²) in [5.41, 5.74) is 2.06. The Morgan fingerprint density at radius 1 is 1.15 bits per heavy atom. The molecule has 0 fully saturated rings. The molecule has 0 atom stereocenters. The number of carbonyl (C=O) groups is 1. The lowest BCUT2D eigenvalue weighted by atomic mass is 10.2. The molecule has 0 heterocycles. The predicted octanol–water partition coefficient (Wildman–Crippen LogP) is 3.57. The maximum Gasteiger partial charge on any atom is 0.335 e. The topological polar surface area (TPSA) is 52.9 Å². The lowest BCUT2D eigenvalue weighted by molar-refractivity contribution is 0.0697. The van der Waals surface area contributed by atoms with Crippen LogP contribution in [0.1, 0.15) is 17.3 Å². The highest BCUT2D eigenvalue weighted by molar-refractivity contribution is 5.88. The van der Waals surface area contributed by atoms with Crippen LogP contribution in [0.25, 0.3) is 0 Å². The van der Waals surface area contributed by atoms with Crippen molar-refractivity contribution in [1.82, 2.24) is 0 Å².